The van der Waals surface area contributed by atoms with Crippen LogP contribution in [-0.2, 0) is 18.9 Å². The number of pyridine rings is 1. The second-order valence-corrected chi connectivity index (χ2v) is 14.1. The van der Waals surface area contributed by atoms with Gasteiger partial charge in [-0.1, -0.05) is 17.5 Å². The zero-order chi connectivity index (χ0) is 43.3. The molecule has 7 N–H and O–H groups in total. The molecular formula is C36H35ClF3N6O11P. The maximum Gasteiger partial charge on any atom is 0.339 e. The second-order valence-electron chi connectivity index (χ2n) is 12.0. The molecule has 1 aliphatic carbocycles. The van der Waals surface area contributed by atoms with Crippen molar-refractivity contribution in [3.8, 4) is 18.1 Å². The summed E-state index contributed by atoms with van der Waals surface area (Å²) < 4.78 is 55.9. The van der Waals surface area contributed by atoms with Crippen molar-refractivity contribution in [3.05, 3.63) is 93.5 Å². The van der Waals surface area contributed by atoms with E-state index in [1.807, 2.05) is 0 Å². The number of rotatable bonds is 11. The van der Waals surface area contributed by atoms with Crippen LogP contribution in [0.5, 0.6) is 5.75 Å². The highest BCUT2D eigenvalue weighted by atomic mass is 35.5. The Morgan fingerprint density at radius 2 is 1.66 bits per heavy atom. The van der Waals surface area contributed by atoms with Gasteiger partial charge in [-0.3, -0.25) is 29.2 Å². The van der Waals surface area contributed by atoms with Crippen molar-refractivity contribution in [2.75, 3.05) is 23.0 Å². The molecule has 1 aliphatic heterocycles. The summed E-state index contributed by atoms with van der Waals surface area (Å²) in [6.45, 7) is 2.65. The number of anilines is 2. The van der Waals surface area contributed by atoms with Crippen molar-refractivity contribution in [2.24, 2.45) is 5.10 Å². The number of hydrogen-bond acceptors (Lipinski definition) is 10. The molecule has 58 heavy (non-hydrogen) atoms. The Morgan fingerprint density at radius 1 is 1.05 bits per heavy atom. The highest BCUT2D eigenvalue weighted by molar-refractivity contribution is 7.51. The molecule has 0 radical (unpaired) electrons. The van der Waals surface area contributed by atoms with Crippen molar-refractivity contribution in [1.82, 2.24) is 15.7 Å². The number of halogens is 4. The number of urea groups is 1. The Hall–Kier alpha value is -6.10. The lowest BCUT2D eigenvalue weighted by Gasteiger charge is -2.19. The molecule has 0 saturated carbocycles. The number of carbonyl (C=O) groups is 5. The van der Waals surface area contributed by atoms with E-state index in [-0.39, 0.29) is 39.1 Å². The zero-order valence-electron chi connectivity index (χ0n) is 30.5. The fourth-order valence-electron chi connectivity index (χ4n) is 5.11. The first-order valence-corrected chi connectivity index (χ1v) is 18.9. The van der Waals surface area contributed by atoms with Crippen molar-refractivity contribution >= 4 is 66.1 Å². The smallest absolute Gasteiger partial charge is 0.339 e. The van der Waals surface area contributed by atoms with Crippen molar-refractivity contribution in [2.45, 2.75) is 45.6 Å². The van der Waals surface area contributed by atoms with Crippen LogP contribution in [0.15, 0.2) is 64.9 Å². The minimum Gasteiger partial charge on any atom is -0.480 e. The molecule has 1 unspecified atom stereocenters. The SMILES string of the molecule is C#CC(C)Oc1cc(N2C(=O)C3=C(CCCC3)C2=O)c(F)cc1Cl.C/C(=N\NC(=O)Nc1cc(F)cc(F)c1)c1ncccc1C(=O)O.O=C(O)CNCP(=O)(O)O. The number of terminal acetylenes is 1. The highest BCUT2D eigenvalue weighted by Gasteiger charge is 2.41. The number of nitrogens with one attached hydrogen (secondary N) is 3. The van der Waals surface area contributed by atoms with Crippen LogP contribution in [-0.4, -0.2) is 79.4 Å². The molecule has 308 valence electrons. The number of aromatic nitrogens is 1. The largest absolute Gasteiger partial charge is 0.480 e. The molecule has 1 atom stereocenters. The number of carbonyl (C=O) groups excluding carboxylic acids is 3. The third-order valence-electron chi connectivity index (χ3n) is 7.59. The number of imide groups is 1. The third-order valence-corrected chi connectivity index (χ3v) is 8.52. The first-order valence-electron chi connectivity index (χ1n) is 16.7. The number of nitrogens with zero attached hydrogens (tertiary/aromatic N) is 3. The van der Waals surface area contributed by atoms with Crippen LogP contribution < -0.4 is 25.7 Å². The topological polar surface area (TPSA) is 257 Å². The maximum absolute atomic E-state index is 14.4. The van der Waals surface area contributed by atoms with E-state index < -0.39 is 73.8 Å². The lowest BCUT2D eigenvalue weighted by Crippen LogP contribution is -2.32. The summed E-state index contributed by atoms with van der Waals surface area (Å²) >= 11 is 5.97. The molecule has 0 spiro atoms. The van der Waals surface area contributed by atoms with E-state index in [4.69, 9.17) is 42.8 Å². The summed E-state index contributed by atoms with van der Waals surface area (Å²) in [4.78, 5) is 78.8. The van der Waals surface area contributed by atoms with Crippen LogP contribution >= 0.6 is 19.2 Å². The van der Waals surface area contributed by atoms with Crippen LogP contribution in [0, 0.1) is 29.8 Å². The first kappa shape index (κ1) is 46.3. The average molecular weight is 851 g/mol. The third kappa shape index (κ3) is 13.5. The molecule has 0 fully saturated rings. The molecular weight excluding hydrogens is 816 g/mol. The summed E-state index contributed by atoms with van der Waals surface area (Å²) in [5.74, 6) is -3.21. The Kier molecular flexibility index (Phi) is 16.7. The van der Waals surface area contributed by atoms with Gasteiger partial charge < -0.3 is 30.1 Å². The number of aliphatic carboxylic acids is 1. The van der Waals surface area contributed by atoms with E-state index in [9.17, 15) is 41.7 Å². The van der Waals surface area contributed by atoms with E-state index in [2.05, 4.69) is 32.1 Å². The van der Waals surface area contributed by atoms with E-state index in [0.29, 0.717) is 30.1 Å². The lowest BCUT2D eigenvalue weighted by atomic mass is 9.93. The van der Waals surface area contributed by atoms with Crippen LogP contribution in [0.3, 0.4) is 0 Å². The van der Waals surface area contributed by atoms with Crippen LogP contribution in [0.2, 0.25) is 5.02 Å². The fraction of sp³-hybridized carbons (Fsp3) is 0.250. The van der Waals surface area contributed by atoms with Gasteiger partial charge in [-0.15, -0.1) is 6.42 Å². The van der Waals surface area contributed by atoms with Crippen LogP contribution in [0.25, 0.3) is 0 Å². The van der Waals surface area contributed by atoms with Crippen molar-refractivity contribution < 1.29 is 66.4 Å². The Balaban J connectivity index is 0.000000253. The molecule has 17 nitrogen and oxygen atoms in total. The Bertz CT molecular complexity index is 2200. The molecule has 0 saturated heterocycles. The van der Waals surface area contributed by atoms with Gasteiger partial charge in [0.05, 0.1) is 34.8 Å². The first-order chi connectivity index (χ1) is 27.2. The van der Waals surface area contributed by atoms with Crippen LogP contribution in [0.1, 0.15) is 55.6 Å². The monoisotopic (exact) mass is 850 g/mol. The number of aromatic carboxylic acids is 1. The van der Waals surface area contributed by atoms with Gasteiger partial charge in [0.1, 0.15) is 28.9 Å². The lowest BCUT2D eigenvalue weighted by molar-refractivity contribution is -0.136. The van der Waals surface area contributed by atoms with E-state index >= 15 is 0 Å². The van der Waals surface area contributed by atoms with Crippen LogP contribution in [0.4, 0.5) is 29.3 Å². The number of carboxylic acids is 2. The average Bonchev–Trinajstić information content (AvgIpc) is 3.39. The standard InChI is InChI=1S/C18H15ClFNO3.C15H12F2N4O3.C3H8NO5P/c1-3-10(2)24-16-9-15(14(20)8-13(16)19)21-17(22)11-6-4-5-7-12(11)18(21)23;1-8(13-12(14(22)23)3-2-4-18-13)20-21-15(24)19-11-6-9(16)5-10(17)7-11;5-3(6)1-4-2-10(7,8)9/h1,8-10H,4-7H2,2H3;2-7H,1H3,(H,22,23)(H2,19,21,24);4H,1-2H2,(H,5,6)(H2,7,8,9)/b;20-8+;. The van der Waals surface area contributed by atoms with E-state index in [1.54, 1.807) is 6.92 Å². The number of hydrazone groups is 1. The molecule has 2 heterocycles. The quantitative estimate of drug-likeness (QED) is 0.0440. The van der Waals surface area contributed by atoms with Gasteiger partial charge in [-0.2, -0.15) is 5.10 Å². The Labute approximate surface area is 333 Å². The molecule has 22 heteroatoms. The number of ether oxygens (including phenoxy) is 1. The number of hydrogen-bond donors (Lipinski definition) is 7. The molecule has 5 rings (SSSR count). The summed E-state index contributed by atoms with van der Waals surface area (Å²) in [6.07, 6.45) is 8.26. The molecule has 1 aromatic heterocycles. The summed E-state index contributed by atoms with van der Waals surface area (Å²) in [6, 6.07) is 6.75. The maximum atomic E-state index is 14.4. The molecule has 2 aromatic carbocycles. The van der Waals surface area contributed by atoms with Gasteiger partial charge in [0, 0.05) is 35.2 Å². The minimum absolute atomic E-state index is 0.0233. The van der Waals surface area contributed by atoms with Gasteiger partial charge >= 0.3 is 25.6 Å². The normalized spacial score (nSPS) is 14.2. The predicted molar refractivity (Wildman–Crippen MR) is 203 cm³/mol. The Morgan fingerprint density at radius 3 is 2.19 bits per heavy atom. The molecule has 2 aliphatic rings. The molecule has 4 amide bonds. The van der Waals surface area contributed by atoms with Gasteiger partial charge in [-0.25, -0.2) is 33.1 Å². The highest BCUT2D eigenvalue weighted by Crippen LogP contribution is 2.39. The summed E-state index contributed by atoms with van der Waals surface area (Å²) in [5, 5.41) is 25.1. The molecule has 0 bridgehead atoms. The minimum atomic E-state index is -4.10. The van der Waals surface area contributed by atoms with E-state index in [1.165, 1.54) is 31.3 Å². The van der Waals surface area contributed by atoms with Crippen molar-refractivity contribution in [3.63, 3.8) is 0 Å². The predicted octanol–water partition coefficient (Wildman–Crippen LogP) is 5.02. The zero-order valence-corrected chi connectivity index (χ0v) is 32.1. The van der Waals surface area contributed by atoms with Gasteiger partial charge in [0.2, 0.25) is 0 Å². The van der Waals surface area contributed by atoms with Gasteiger partial charge in [-0.05, 0) is 69.9 Å². The summed E-state index contributed by atoms with van der Waals surface area (Å²) in [5.41, 5.74) is 2.96. The number of amides is 4. The summed E-state index contributed by atoms with van der Waals surface area (Å²) in [7, 11) is -4.10. The van der Waals surface area contributed by atoms with Crippen molar-refractivity contribution in [1.29, 1.82) is 0 Å². The van der Waals surface area contributed by atoms with Gasteiger partial charge in [0.25, 0.3) is 11.8 Å². The number of carboxylic acid groups (broad SMARTS) is 2. The molecule has 3 aromatic rings. The van der Waals surface area contributed by atoms with Gasteiger partial charge in [0.15, 0.2) is 6.10 Å². The van der Waals surface area contributed by atoms with E-state index in [0.717, 1.165) is 35.9 Å². The fourth-order valence-corrected chi connectivity index (χ4v) is 5.71. The number of benzene rings is 2. The second kappa shape index (κ2) is 20.9.